The second-order valence-electron chi connectivity index (χ2n) is 3.29. The zero-order chi connectivity index (χ0) is 11.1. The Balaban J connectivity index is 4.17. The summed E-state index contributed by atoms with van der Waals surface area (Å²) in [5.41, 5.74) is 0. The first-order valence-corrected chi connectivity index (χ1v) is 4.72. The second-order valence-corrected chi connectivity index (χ2v) is 3.29. The van der Waals surface area contributed by atoms with Crippen molar-refractivity contribution in [1.82, 2.24) is 0 Å². The van der Waals surface area contributed by atoms with E-state index in [0.29, 0.717) is 12.8 Å². The highest BCUT2D eigenvalue weighted by Crippen LogP contribution is 2.17. The first-order chi connectivity index (χ1) is 6.56. The van der Waals surface area contributed by atoms with Crippen LogP contribution in [0.1, 0.15) is 26.7 Å². The van der Waals surface area contributed by atoms with Crippen LogP contribution >= 0.6 is 0 Å². The van der Waals surface area contributed by atoms with E-state index in [2.05, 4.69) is 9.47 Å². The lowest BCUT2D eigenvalue weighted by atomic mass is 9.94. The molecule has 0 saturated heterocycles. The standard InChI is InChI=1S/C10H18O4/c1-5-8(10(12)14-4)6-7(2)9(11)13-3/h7-8H,5-6H2,1-4H3/t7-,8-/m1/s1. The molecular weight excluding hydrogens is 184 g/mol. The van der Waals surface area contributed by atoms with Crippen molar-refractivity contribution in [3.05, 3.63) is 0 Å². The first-order valence-electron chi connectivity index (χ1n) is 4.72. The highest BCUT2D eigenvalue weighted by molar-refractivity contribution is 5.75. The highest BCUT2D eigenvalue weighted by Gasteiger charge is 2.23. The molecule has 0 bridgehead atoms. The van der Waals surface area contributed by atoms with Gasteiger partial charge in [0.15, 0.2) is 0 Å². The maximum atomic E-state index is 11.2. The van der Waals surface area contributed by atoms with Gasteiger partial charge in [-0.05, 0) is 12.8 Å². The van der Waals surface area contributed by atoms with Crippen LogP contribution in [-0.2, 0) is 19.1 Å². The van der Waals surface area contributed by atoms with Gasteiger partial charge in [0.25, 0.3) is 0 Å². The molecule has 0 radical (unpaired) electrons. The largest absolute Gasteiger partial charge is 0.469 e. The molecule has 4 heteroatoms. The average molecular weight is 202 g/mol. The molecule has 0 aliphatic rings. The Labute approximate surface area is 84.6 Å². The molecule has 0 aromatic rings. The van der Waals surface area contributed by atoms with Gasteiger partial charge >= 0.3 is 11.9 Å². The molecule has 0 heterocycles. The smallest absolute Gasteiger partial charge is 0.308 e. The number of methoxy groups -OCH3 is 2. The SMILES string of the molecule is CC[C@H](C[C@@H](C)C(=O)OC)C(=O)OC. The zero-order valence-corrected chi connectivity index (χ0v) is 9.20. The van der Waals surface area contributed by atoms with Crippen LogP contribution in [0, 0.1) is 11.8 Å². The molecule has 0 aromatic carbocycles. The molecule has 0 rings (SSSR count). The number of rotatable bonds is 5. The Morgan fingerprint density at radius 2 is 1.64 bits per heavy atom. The third-order valence-electron chi connectivity index (χ3n) is 2.27. The van der Waals surface area contributed by atoms with Crippen molar-refractivity contribution < 1.29 is 19.1 Å². The molecule has 0 aromatic heterocycles. The number of esters is 2. The summed E-state index contributed by atoms with van der Waals surface area (Å²) in [7, 11) is 2.70. The summed E-state index contributed by atoms with van der Waals surface area (Å²) in [4.78, 5) is 22.3. The third-order valence-corrected chi connectivity index (χ3v) is 2.27. The molecule has 0 aliphatic carbocycles. The maximum absolute atomic E-state index is 11.2. The van der Waals surface area contributed by atoms with Crippen molar-refractivity contribution in [3.63, 3.8) is 0 Å². The summed E-state index contributed by atoms with van der Waals surface area (Å²) in [6.07, 6.45) is 1.16. The van der Waals surface area contributed by atoms with E-state index in [0.717, 1.165) is 0 Å². The van der Waals surface area contributed by atoms with Crippen molar-refractivity contribution in [2.45, 2.75) is 26.7 Å². The van der Waals surface area contributed by atoms with Gasteiger partial charge in [-0.15, -0.1) is 0 Å². The van der Waals surface area contributed by atoms with Gasteiger partial charge in [0.2, 0.25) is 0 Å². The fourth-order valence-electron chi connectivity index (χ4n) is 1.32. The molecule has 0 unspecified atom stereocenters. The first kappa shape index (κ1) is 12.9. The lowest BCUT2D eigenvalue weighted by molar-refractivity contribution is -0.149. The van der Waals surface area contributed by atoms with Gasteiger partial charge in [0, 0.05) is 0 Å². The molecule has 0 N–H and O–H groups in total. The quantitative estimate of drug-likeness (QED) is 0.632. The van der Waals surface area contributed by atoms with E-state index in [-0.39, 0.29) is 23.8 Å². The molecule has 82 valence electrons. The maximum Gasteiger partial charge on any atom is 0.308 e. The number of carbonyl (C=O) groups is 2. The van der Waals surface area contributed by atoms with E-state index in [4.69, 9.17) is 0 Å². The molecule has 0 aliphatic heterocycles. The van der Waals surface area contributed by atoms with Crippen LogP contribution in [0.5, 0.6) is 0 Å². The van der Waals surface area contributed by atoms with Crippen LogP contribution in [0.4, 0.5) is 0 Å². The molecule has 0 fully saturated rings. The van der Waals surface area contributed by atoms with Crippen molar-refractivity contribution in [2.24, 2.45) is 11.8 Å². The van der Waals surface area contributed by atoms with Crippen molar-refractivity contribution in [3.8, 4) is 0 Å². The van der Waals surface area contributed by atoms with E-state index in [1.165, 1.54) is 14.2 Å². The van der Waals surface area contributed by atoms with Gasteiger partial charge in [-0.25, -0.2) is 0 Å². The van der Waals surface area contributed by atoms with Crippen LogP contribution in [0.3, 0.4) is 0 Å². The summed E-state index contributed by atoms with van der Waals surface area (Å²) < 4.78 is 9.21. The number of ether oxygens (including phenoxy) is 2. The lowest BCUT2D eigenvalue weighted by Crippen LogP contribution is -2.22. The Morgan fingerprint density at radius 3 is 2.00 bits per heavy atom. The van der Waals surface area contributed by atoms with Crippen molar-refractivity contribution in [1.29, 1.82) is 0 Å². The van der Waals surface area contributed by atoms with Crippen LogP contribution in [0.25, 0.3) is 0 Å². The van der Waals surface area contributed by atoms with E-state index in [9.17, 15) is 9.59 Å². The van der Waals surface area contributed by atoms with E-state index < -0.39 is 0 Å². The lowest BCUT2D eigenvalue weighted by Gasteiger charge is -2.15. The van der Waals surface area contributed by atoms with Crippen LogP contribution < -0.4 is 0 Å². The van der Waals surface area contributed by atoms with Crippen LogP contribution in [-0.4, -0.2) is 26.2 Å². The fourth-order valence-corrected chi connectivity index (χ4v) is 1.32. The van der Waals surface area contributed by atoms with Gasteiger partial charge < -0.3 is 9.47 Å². The van der Waals surface area contributed by atoms with Gasteiger partial charge in [-0.1, -0.05) is 13.8 Å². The Hall–Kier alpha value is -1.06. The van der Waals surface area contributed by atoms with Gasteiger partial charge in [-0.2, -0.15) is 0 Å². The summed E-state index contributed by atoms with van der Waals surface area (Å²) in [6, 6.07) is 0. The summed E-state index contributed by atoms with van der Waals surface area (Å²) in [6.45, 7) is 3.64. The van der Waals surface area contributed by atoms with E-state index in [1.807, 2.05) is 6.92 Å². The Kier molecular flexibility index (Phi) is 5.92. The zero-order valence-electron chi connectivity index (χ0n) is 9.20. The number of hydrogen-bond acceptors (Lipinski definition) is 4. The van der Waals surface area contributed by atoms with Crippen molar-refractivity contribution in [2.75, 3.05) is 14.2 Å². The Bertz CT molecular complexity index is 200. The molecule has 4 nitrogen and oxygen atoms in total. The summed E-state index contributed by atoms with van der Waals surface area (Å²) in [5.74, 6) is -1.02. The van der Waals surface area contributed by atoms with Crippen LogP contribution in [0.15, 0.2) is 0 Å². The summed E-state index contributed by atoms with van der Waals surface area (Å²) >= 11 is 0. The number of carbonyl (C=O) groups excluding carboxylic acids is 2. The normalized spacial score (nSPS) is 14.3. The minimum Gasteiger partial charge on any atom is -0.469 e. The minimum atomic E-state index is -0.285. The highest BCUT2D eigenvalue weighted by atomic mass is 16.5. The molecule has 2 atom stereocenters. The molecule has 0 spiro atoms. The van der Waals surface area contributed by atoms with Gasteiger partial charge in [-0.3, -0.25) is 9.59 Å². The summed E-state index contributed by atoms with van der Waals surface area (Å²) in [5, 5.41) is 0. The predicted molar refractivity (Wildman–Crippen MR) is 51.6 cm³/mol. The van der Waals surface area contributed by atoms with Gasteiger partial charge in [0.05, 0.1) is 26.1 Å². The van der Waals surface area contributed by atoms with Gasteiger partial charge in [0.1, 0.15) is 0 Å². The number of hydrogen-bond donors (Lipinski definition) is 0. The minimum absolute atomic E-state index is 0.214. The average Bonchev–Trinajstić information content (AvgIpc) is 2.22. The molecule has 14 heavy (non-hydrogen) atoms. The topological polar surface area (TPSA) is 52.6 Å². The monoisotopic (exact) mass is 202 g/mol. The van der Waals surface area contributed by atoms with Crippen molar-refractivity contribution >= 4 is 11.9 Å². The second kappa shape index (κ2) is 6.40. The van der Waals surface area contributed by atoms with E-state index in [1.54, 1.807) is 6.92 Å². The predicted octanol–water partition coefficient (Wildman–Crippen LogP) is 1.38. The van der Waals surface area contributed by atoms with E-state index >= 15 is 0 Å². The molecular formula is C10H18O4. The third kappa shape index (κ3) is 3.77. The van der Waals surface area contributed by atoms with Crippen LogP contribution in [0.2, 0.25) is 0 Å². The fraction of sp³-hybridized carbons (Fsp3) is 0.800. The molecule has 0 amide bonds. The molecule has 0 saturated carbocycles. The Morgan fingerprint density at radius 1 is 1.14 bits per heavy atom.